The Bertz CT molecular complexity index is 659. The molecule has 0 fully saturated rings. The average Bonchev–Trinajstić information content (AvgIpc) is 2.80. The highest BCUT2D eigenvalue weighted by atomic mass is 16.5. The molecule has 0 aliphatic carbocycles. The molecule has 0 unspecified atom stereocenters. The molecule has 3 heteroatoms. The van der Waals surface area contributed by atoms with Crippen molar-refractivity contribution in [3.63, 3.8) is 0 Å². The summed E-state index contributed by atoms with van der Waals surface area (Å²) in [6, 6.07) is 16.0. The number of benzene rings is 2. The summed E-state index contributed by atoms with van der Waals surface area (Å²) in [6.07, 6.45) is 1.84. The second-order valence-corrected chi connectivity index (χ2v) is 4.37. The van der Waals surface area contributed by atoms with Crippen LogP contribution in [0.3, 0.4) is 0 Å². The first-order valence-electron chi connectivity index (χ1n) is 6.00. The summed E-state index contributed by atoms with van der Waals surface area (Å²) in [5.74, 6) is 0. The molecule has 3 nitrogen and oxygen atoms in total. The lowest BCUT2D eigenvalue weighted by atomic mass is 10.1. The summed E-state index contributed by atoms with van der Waals surface area (Å²) in [5, 5.41) is 5.18. The van der Waals surface area contributed by atoms with Crippen molar-refractivity contribution in [1.82, 2.24) is 5.16 Å². The third kappa shape index (κ3) is 2.07. The standard InChI is InChI=1S/C15H14N2O/c16-12-7-8-13-14(17-18-15(13)10-12)9-6-11-4-2-1-3-5-11/h1-5,7-8,10H,6,9,16H2. The number of anilines is 1. The molecule has 0 saturated heterocycles. The van der Waals surface area contributed by atoms with E-state index in [-0.39, 0.29) is 0 Å². The maximum Gasteiger partial charge on any atom is 0.169 e. The fourth-order valence-corrected chi connectivity index (χ4v) is 2.09. The second-order valence-electron chi connectivity index (χ2n) is 4.37. The quantitative estimate of drug-likeness (QED) is 0.713. The van der Waals surface area contributed by atoms with Crippen LogP contribution in [0.1, 0.15) is 11.3 Å². The lowest BCUT2D eigenvalue weighted by Crippen LogP contribution is -1.91. The lowest BCUT2D eigenvalue weighted by Gasteiger charge is -1.98. The highest BCUT2D eigenvalue weighted by Gasteiger charge is 2.08. The van der Waals surface area contributed by atoms with Gasteiger partial charge in [0.25, 0.3) is 0 Å². The minimum absolute atomic E-state index is 0.702. The van der Waals surface area contributed by atoms with Crippen molar-refractivity contribution in [3.8, 4) is 0 Å². The summed E-state index contributed by atoms with van der Waals surface area (Å²) in [6.45, 7) is 0. The molecule has 3 aromatic rings. The Morgan fingerprint density at radius 1 is 1.00 bits per heavy atom. The van der Waals surface area contributed by atoms with Crippen molar-refractivity contribution in [2.24, 2.45) is 0 Å². The first-order chi connectivity index (χ1) is 8.83. The van der Waals surface area contributed by atoms with Gasteiger partial charge in [0.05, 0.1) is 5.69 Å². The van der Waals surface area contributed by atoms with Gasteiger partial charge in [-0.05, 0) is 30.5 Å². The Labute approximate surface area is 105 Å². The van der Waals surface area contributed by atoms with Crippen LogP contribution in [0, 0.1) is 0 Å². The Morgan fingerprint density at radius 2 is 1.83 bits per heavy atom. The molecular weight excluding hydrogens is 224 g/mol. The Kier molecular flexibility index (Phi) is 2.73. The first-order valence-corrected chi connectivity index (χ1v) is 6.00. The van der Waals surface area contributed by atoms with Crippen LogP contribution in [0.25, 0.3) is 11.0 Å². The van der Waals surface area contributed by atoms with Gasteiger partial charge in [0.15, 0.2) is 5.58 Å². The second kappa shape index (κ2) is 4.53. The van der Waals surface area contributed by atoms with E-state index in [1.165, 1.54) is 5.56 Å². The fraction of sp³-hybridized carbons (Fsp3) is 0.133. The minimum atomic E-state index is 0.702. The van der Waals surface area contributed by atoms with E-state index in [0.29, 0.717) is 5.69 Å². The van der Waals surface area contributed by atoms with Crippen LogP contribution in [0.2, 0.25) is 0 Å². The van der Waals surface area contributed by atoms with E-state index in [1.54, 1.807) is 0 Å². The van der Waals surface area contributed by atoms with Gasteiger partial charge in [-0.3, -0.25) is 0 Å². The van der Waals surface area contributed by atoms with E-state index < -0.39 is 0 Å². The maximum atomic E-state index is 5.71. The molecule has 1 aromatic heterocycles. The van der Waals surface area contributed by atoms with Crippen molar-refractivity contribution in [3.05, 3.63) is 59.8 Å². The molecule has 0 radical (unpaired) electrons. The monoisotopic (exact) mass is 238 g/mol. The SMILES string of the molecule is Nc1ccc2c(CCc3ccccc3)noc2c1. The molecule has 3 rings (SSSR count). The van der Waals surface area contributed by atoms with E-state index in [0.717, 1.165) is 29.5 Å². The van der Waals surface area contributed by atoms with Crippen LogP contribution in [-0.4, -0.2) is 5.16 Å². The van der Waals surface area contributed by atoms with Gasteiger partial charge in [0.2, 0.25) is 0 Å². The van der Waals surface area contributed by atoms with Gasteiger partial charge in [-0.2, -0.15) is 0 Å². The Balaban J connectivity index is 1.83. The summed E-state index contributed by atoms with van der Waals surface area (Å²) < 4.78 is 5.29. The molecule has 1 heterocycles. The molecule has 2 N–H and O–H groups in total. The number of nitrogens with zero attached hydrogens (tertiary/aromatic N) is 1. The molecule has 0 aliphatic heterocycles. The van der Waals surface area contributed by atoms with E-state index in [9.17, 15) is 0 Å². The van der Waals surface area contributed by atoms with E-state index in [2.05, 4.69) is 29.4 Å². The van der Waals surface area contributed by atoms with Crippen LogP contribution in [-0.2, 0) is 12.8 Å². The Hall–Kier alpha value is -2.29. The largest absolute Gasteiger partial charge is 0.399 e. The summed E-state index contributed by atoms with van der Waals surface area (Å²) in [5.41, 5.74) is 9.48. The van der Waals surface area contributed by atoms with E-state index >= 15 is 0 Å². The third-order valence-electron chi connectivity index (χ3n) is 3.06. The maximum absolute atomic E-state index is 5.71. The molecule has 18 heavy (non-hydrogen) atoms. The summed E-state index contributed by atoms with van der Waals surface area (Å²) in [4.78, 5) is 0. The van der Waals surface area contributed by atoms with Gasteiger partial charge in [0, 0.05) is 17.1 Å². The summed E-state index contributed by atoms with van der Waals surface area (Å²) in [7, 11) is 0. The number of fused-ring (bicyclic) bond motifs is 1. The summed E-state index contributed by atoms with van der Waals surface area (Å²) >= 11 is 0. The number of hydrogen-bond acceptors (Lipinski definition) is 3. The number of aryl methyl sites for hydroxylation is 2. The molecule has 0 bridgehead atoms. The number of hydrogen-bond donors (Lipinski definition) is 1. The average molecular weight is 238 g/mol. The molecule has 2 aromatic carbocycles. The van der Waals surface area contributed by atoms with Gasteiger partial charge < -0.3 is 10.3 Å². The van der Waals surface area contributed by atoms with Gasteiger partial charge in [-0.25, -0.2) is 0 Å². The molecule has 90 valence electrons. The molecule has 0 saturated carbocycles. The van der Waals surface area contributed by atoms with Crippen LogP contribution < -0.4 is 5.73 Å². The zero-order valence-corrected chi connectivity index (χ0v) is 9.97. The topological polar surface area (TPSA) is 52.0 Å². The molecule has 0 amide bonds. The molecule has 0 aliphatic rings. The van der Waals surface area contributed by atoms with Crippen molar-refractivity contribution in [1.29, 1.82) is 0 Å². The number of aromatic nitrogens is 1. The van der Waals surface area contributed by atoms with E-state index in [4.69, 9.17) is 10.3 Å². The fourth-order valence-electron chi connectivity index (χ4n) is 2.09. The first kappa shape index (κ1) is 10.8. The van der Waals surface area contributed by atoms with E-state index in [1.807, 2.05) is 24.3 Å². The third-order valence-corrected chi connectivity index (χ3v) is 3.06. The predicted octanol–water partition coefficient (Wildman–Crippen LogP) is 3.20. The zero-order valence-electron chi connectivity index (χ0n) is 9.97. The van der Waals surface area contributed by atoms with Crippen molar-refractivity contribution < 1.29 is 4.52 Å². The minimum Gasteiger partial charge on any atom is -0.399 e. The Morgan fingerprint density at radius 3 is 2.67 bits per heavy atom. The number of rotatable bonds is 3. The molecular formula is C15H14N2O. The van der Waals surface area contributed by atoms with Crippen LogP contribution >= 0.6 is 0 Å². The smallest absolute Gasteiger partial charge is 0.169 e. The lowest BCUT2D eigenvalue weighted by molar-refractivity contribution is 0.446. The number of nitrogens with two attached hydrogens (primary N) is 1. The zero-order chi connectivity index (χ0) is 12.4. The normalized spacial score (nSPS) is 10.9. The molecule has 0 spiro atoms. The highest BCUT2D eigenvalue weighted by Crippen LogP contribution is 2.22. The van der Waals surface area contributed by atoms with Gasteiger partial charge in [-0.15, -0.1) is 0 Å². The van der Waals surface area contributed by atoms with Gasteiger partial charge >= 0.3 is 0 Å². The van der Waals surface area contributed by atoms with Gasteiger partial charge in [-0.1, -0.05) is 35.5 Å². The van der Waals surface area contributed by atoms with Crippen molar-refractivity contribution in [2.45, 2.75) is 12.8 Å². The predicted molar refractivity (Wildman–Crippen MR) is 72.3 cm³/mol. The van der Waals surface area contributed by atoms with Gasteiger partial charge in [0.1, 0.15) is 0 Å². The van der Waals surface area contributed by atoms with Crippen LogP contribution in [0.4, 0.5) is 5.69 Å². The van der Waals surface area contributed by atoms with Crippen molar-refractivity contribution >= 4 is 16.7 Å². The highest BCUT2D eigenvalue weighted by molar-refractivity contribution is 5.82. The number of nitrogen functional groups attached to an aromatic ring is 1. The van der Waals surface area contributed by atoms with Crippen LogP contribution in [0.5, 0.6) is 0 Å². The van der Waals surface area contributed by atoms with Crippen LogP contribution in [0.15, 0.2) is 53.1 Å². The van der Waals surface area contributed by atoms with Crippen molar-refractivity contribution in [2.75, 3.05) is 5.73 Å². The molecule has 0 atom stereocenters.